The van der Waals surface area contributed by atoms with Gasteiger partial charge in [0.15, 0.2) is 0 Å². The van der Waals surface area contributed by atoms with Crippen molar-refractivity contribution in [1.29, 1.82) is 0 Å². The van der Waals surface area contributed by atoms with Crippen LogP contribution in [0, 0.1) is 5.82 Å². The summed E-state index contributed by atoms with van der Waals surface area (Å²) in [6, 6.07) is 5.14. The molecule has 0 radical (unpaired) electrons. The minimum atomic E-state index is -1.20. The quantitative estimate of drug-likeness (QED) is 0.758. The predicted octanol–water partition coefficient (Wildman–Crippen LogP) is 3.29. The Balaban J connectivity index is 1.96. The van der Waals surface area contributed by atoms with E-state index in [1.165, 1.54) is 36.8 Å². The van der Waals surface area contributed by atoms with Crippen LogP contribution in [0.2, 0.25) is 0 Å². The molecule has 0 saturated carbocycles. The molecule has 1 amide bonds. The fourth-order valence-corrected chi connectivity index (χ4v) is 3.03. The van der Waals surface area contributed by atoms with E-state index < -0.39 is 17.7 Å². The predicted molar refractivity (Wildman–Crippen MR) is 86.7 cm³/mol. The van der Waals surface area contributed by atoms with Gasteiger partial charge >= 0.3 is 5.97 Å². The summed E-state index contributed by atoms with van der Waals surface area (Å²) < 4.78 is 13.2. The molecular formula is C16H10FN3O3S. The highest BCUT2D eigenvalue weighted by atomic mass is 32.1. The zero-order valence-electron chi connectivity index (χ0n) is 12.1. The van der Waals surface area contributed by atoms with Crippen molar-refractivity contribution in [2.45, 2.75) is 0 Å². The molecule has 1 aromatic carbocycles. The van der Waals surface area contributed by atoms with E-state index in [1.807, 2.05) is 0 Å². The smallest absolute Gasteiger partial charge is 0.339 e. The fourth-order valence-electron chi connectivity index (χ4n) is 2.09. The summed E-state index contributed by atoms with van der Waals surface area (Å²) in [4.78, 5) is 31.8. The van der Waals surface area contributed by atoms with Crippen LogP contribution in [0.15, 0.2) is 48.2 Å². The van der Waals surface area contributed by atoms with Crippen molar-refractivity contribution in [2.24, 2.45) is 0 Å². The Bertz CT molecular complexity index is 912. The summed E-state index contributed by atoms with van der Waals surface area (Å²) in [5, 5.41) is 13.7. The number of carbonyl (C=O) groups is 2. The lowest BCUT2D eigenvalue weighted by Gasteiger charge is -2.06. The van der Waals surface area contributed by atoms with Crippen molar-refractivity contribution in [3.05, 3.63) is 65.2 Å². The maximum absolute atomic E-state index is 13.2. The molecule has 0 fully saturated rings. The minimum absolute atomic E-state index is 0.0785. The average molecular weight is 343 g/mol. The molecule has 0 aliphatic heterocycles. The van der Waals surface area contributed by atoms with E-state index in [1.54, 1.807) is 5.38 Å². The number of carbonyl (C=O) groups excluding carboxylic acids is 1. The minimum Gasteiger partial charge on any atom is -0.478 e. The first kappa shape index (κ1) is 15.8. The van der Waals surface area contributed by atoms with Gasteiger partial charge in [-0.2, -0.15) is 0 Å². The molecular weight excluding hydrogens is 333 g/mol. The zero-order chi connectivity index (χ0) is 17.1. The molecule has 2 aromatic heterocycles. The highest BCUT2D eigenvalue weighted by Gasteiger charge is 2.22. The van der Waals surface area contributed by atoms with E-state index in [-0.39, 0.29) is 16.1 Å². The molecule has 120 valence electrons. The van der Waals surface area contributed by atoms with Gasteiger partial charge in [-0.25, -0.2) is 9.18 Å². The molecule has 0 saturated heterocycles. The number of halogens is 1. The second-order valence-electron chi connectivity index (χ2n) is 4.71. The van der Waals surface area contributed by atoms with Crippen molar-refractivity contribution in [2.75, 3.05) is 5.32 Å². The van der Waals surface area contributed by atoms with Crippen LogP contribution >= 0.6 is 11.3 Å². The van der Waals surface area contributed by atoms with Crippen LogP contribution < -0.4 is 5.32 Å². The van der Waals surface area contributed by atoms with Gasteiger partial charge in [0.25, 0.3) is 5.91 Å². The SMILES string of the molecule is O=C(Nc1scc(-c2cnccn2)c1C(=O)O)c1cccc(F)c1. The second-order valence-corrected chi connectivity index (χ2v) is 5.59. The zero-order valence-corrected chi connectivity index (χ0v) is 12.9. The van der Waals surface area contributed by atoms with Crippen molar-refractivity contribution < 1.29 is 19.1 Å². The lowest BCUT2D eigenvalue weighted by Crippen LogP contribution is -2.13. The molecule has 6 nitrogen and oxygen atoms in total. The number of nitrogens with zero attached hydrogens (tertiary/aromatic N) is 2. The number of aromatic carboxylic acids is 1. The third-order valence-corrected chi connectivity index (χ3v) is 4.05. The van der Waals surface area contributed by atoms with Crippen molar-refractivity contribution in [3.8, 4) is 11.3 Å². The summed E-state index contributed by atoms with van der Waals surface area (Å²) in [6.45, 7) is 0. The summed E-state index contributed by atoms with van der Waals surface area (Å²) in [5.41, 5.74) is 0.763. The molecule has 3 aromatic rings. The monoisotopic (exact) mass is 343 g/mol. The molecule has 2 heterocycles. The van der Waals surface area contributed by atoms with Crippen LogP contribution in [0.5, 0.6) is 0 Å². The second kappa shape index (κ2) is 6.55. The molecule has 0 aliphatic carbocycles. The number of nitrogens with one attached hydrogen (secondary N) is 1. The van der Waals surface area contributed by atoms with E-state index in [9.17, 15) is 19.1 Å². The number of benzene rings is 1. The first-order valence-electron chi connectivity index (χ1n) is 6.74. The highest BCUT2D eigenvalue weighted by Crippen LogP contribution is 2.34. The maximum Gasteiger partial charge on any atom is 0.339 e. The average Bonchev–Trinajstić information content (AvgIpc) is 2.99. The number of hydrogen-bond acceptors (Lipinski definition) is 5. The Labute approximate surface area is 139 Å². The van der Waals surface area contributed by atoms with Crippen LogP contribution in [0.3, 0.4) is 0 Å². The molecule has 3 rings (SSSR count). The molecule has 2 N–H and O–H groups in total. The van der Waals surface area contributed by atoms with Gasteiger partial charge < -0.3 is 10.4 Å². The van der Waals surface area contributed by atoms with Crippen molar-refractivity contribution in [3.63, 3.8) is 0 Å². The van der Waals surface area contributed by atoms with E-state index in [0.29, 0.717) is 11.3 Å². The van der Waals surface area contributed by atoms with Gasteiger partial charge in [-0.05, 0) is 18.2 Å². The molecule has 0 bridgehead atoms. The van der Waals surface area contributed by atoms with Gasteiger partial charge in [-0.3, -0.25) is 14.8 Å². The Morgan fingerprint density at radius 2 is 2.08 bits per heavy atom. The summed E-state index contributed by atoms with van der Waals surface area (Å²) in [6.07, 6.45) is 4.36. The van der Waals surface area contributed by atoms with Crippen LogP contribution in [0.4, 0.5) is 9.39 Å². The van der Waals surface area contributed by atoms with Gasteiger partial charge in [-0.15, -0.1) is 11.3 Å². The van der Waals surface area contributed by atoms with Crippen LogP contribution in [-0.4, -0.2) is 27.0 Å². The number of carboxylic acid groups (broad SMARTS) is 1. The number of aromatic nitrogens is 2. The van der Waals surface area contributed by atoms with Gasteiger partial charge in [0.05, 0.1) is 11.9 Å². The first-order valence-corrected chi connectivity index (χ1v) is 7.62. The van der Waals surface area contributed by atoms with Crippen LogP contribution in [0.25, 0.3) is 11.3 Å². The Morgan fingerprint density at radius 3 is 2.75 bits per heavy atom. The largest absolute Gasteiger partial charge is 0.478 e. The fraction of sp³-hybridized carbons (Fsp3) is 0. The molecule has 24 heavy (non-hydrogen) atoms. The number of amides is 1. The van der Waals surface area contributed by atoms with Crippen LogP contribution in [-0.2, 0) is 0 Å². The summed E-state index contributed by atoms with van der Waals surface area (Å²) in [5.74, 6) is -2.34. The van der Waals surface area contributed by atoms with E-state index >= 15 is 0 Å². The Morgan fingerprint density at radius 1 is 1.25 bits per heavy atom. The van der Waals surface area contributed by atoms with Gasteiger partial charge in [0, 0.05) is 28.9 Å². The molecule has 0 unspecified atom stereocenters. The lowest BCUT2D eigenvalue weighted by atomic mass is 10.1. The number of thiophene rings is 1. The topological polar surface area (TPSA) is 92.2 Å². The molecule has 0 spiro atoms. The standard InChI is InChI=1S/C16H10FN3O3S/c17-10-3-1-2-9(6-10)14(21)20-15-13(16(22)23)11(8-24-15)12-7-18-4-5-19-12/h1-8H,(H,20,21)(H,22,23). The van der Waals surface area contributed by atoms with Gasteiger partial charge in [0.1, 0.15) is 16.4 Å². The molecule has 0 aliphatic rings. The number of carboxylic acids is 1. The van der Waals surface area contributed by atoms with E-state index in [2.05, 4.69) is 15.3 Å². The maximum atomic E-state index is 13.2. The third-order valence-electron chi connectivity index (χ3n) is 3.16. The highest BCUT2D eigenvalue weighted by molar-refractivity contribution is 7.15. The molecule has 0 atom stereocenters. The third kappa shape index (κ3) is 3.13. The Hall–Kier alpha value is -3.13. The number of hydrogen-bond donors (Lipinski definition) is 2. The van der Waals surface area contributed by atoms with E-state index in [4.69, 9.17) is 0 Å². The number of rotatable bonds is 4. The number of anilines is 1. The summed E-state index contributed by atoms with van der Waals surface area (Å²) >= 11 is 1.05. The van der Waals surface area contributed by atoms with Crippen molar-refractivity contribution in [1.82, 2.24) is 9.97 Å². The van der Waals surface area contributed by atoms with Crippen molar-refractivity contribution >= 4 is 28.2 Å². The normalized spacial score (nSPS) is 10.4. The lowest BCUT2D eigenvalue weighted by molar-refractivity contribution is 0.0699. The van der Waals surface area contributed by atoms with Crippen LogP contribution in [0.1, 0.15) is 20.7 Å². The van der Waals surface area contributed by atoms with E-state index in [0.717, 1.165) is 17.4 Å². The molecule has 8 heteroatoms. The summed E-state index contributed by atoms with van der Waals surface area (Å²) in [7, 11) is 0. The van der Waals surface area contributed by atoms with Gasteiger partial charge in [-0.1, -0.05) is 6.07 Å². The first-order chi connectivity index (χ1) is 11.6. The van der Waals surface area contributed by atoms with Gasteiger partial charge in [0.2, 0.25) is 0 Å². The Kier molecular flexibility index (Phi) is 4.30.